The van der Waals surface area contributed by atoms with E-state index in [9.17, 15) is 4.79 Å². The van der Waals surface area contributed by atoms with E-state index >= 15 is 0 Å². The molecule has 122 valence electrons. The summed E-state index contributed by atoms with van der Waals surface area (Å²) in [6.07, 6.45) is 1.17. The number of carbonyl (C=O) groups excluding carboxylic acids is 1. The normalized spacial score (nSPS) is 10.0. The summed E-state index contributed by atoms with van der Waals surface area (Å²) in [6, 6.07) is 2.89. The Balaban J connectivity index is 2.40. The largest absolute Gasteiger partial charge is 0.493 e. The van der Waals surface area contributed by atoms with Crippen LogP contribution < -0.4 is 30.4 Å². The van der Waals surface area contributed by atoms with Crippen LogP contribution in [0.1, 0.15) is 10.4 Å². The fourth-order valence-electron chi connectivity index (χ4n) is 1.86. The molecule has 0 radical (unpaired) electrons. The Morgan fingerprint density at radius 1 is 0.913 bits per heavy atom. The van der Waals surface area contributed by atoms with Gasteiger partial charge in [0.15, 0.2) is 23.1 Å². The van der Waals surface area contributed by atoms with Crippen LogP contribution in [0, 0.1) is 0 Å². The highest BCUT2D eigenvalue weighted by Gasteiger charge is 2.20. The second-order valence-corrected chi connectivity index (χ2v) is 4.28. The van der Waals surface area contributed by atoms with E-state index in [2.05, 4.69) is 9.97 Å². The first kappa shape index (κ1) is 16.1. The van der Waals surface area contributed by atoms with E-state index in [0.717, 1.165) is 0 Å². The van der Waals surface area contributed by atoms with Crippen LogP contribution in [0.15, 0.2) is 18.5 Å². The Labute approximate surface area is 132 Å². The van der Waals surface area contributed by atoms with Crippen molar-refractivity contribution in [3.8, 4) is 23.0 Å². The molecule has 23 heavy (non-hydrogen) atoms. The summed E-state index contributed by atoms with van der Waals surface area (Å²) in [5.74, 6) is 0.0574. The molecule has 0 amide bonds. The van der Waals surface area contributed by atoms with Crippen LogP contribution in [0.2, 0.25) is 0 Å². The number of esters is 1. The zero-order chi connectivity index (χ0) is 17.0. The Morgan fingerprint density at radius 3 is 1.87 bits per heavy atom. The lowest BCUT2D eigenvalue weighted by atomic mass is 10.2. The summed E-state index contributed by atoms with van der Waals surface area (Å²) >= 11 is 0. The second kappa shape index (κ2) is 6.69. The maximum absolute atomic E-state index is 12.3. The van der Waals surface area contributed by atoms with Gasteiger partial charge in [0, 0.05) is 0 Å². The van der Waals surface area contributed by atoms with Gasteiger partial charge in [-0.05, 0) is 12.1 Å². The van der Waals surface area contributed by atoms with Gasteiger partial charge in [-0.25, -0.2) is 14.8 Å². The number of anilines is 2. The Bertz CT molecular complexity index is 690. The number of aromatic nitrogens is 2. The van der Waals surface area contributed by atoms with E-state index in [1.165, 1.54) is 39.8 Å². The van der Waals surface area contributed by atoms with Gasteiger partial charge in [-0.15, -0.1) is 0 Å². The van der Waals surface area contributed by atoms with E-state index in [-0.39, 0.29) is 22.9 Å². The molecule has 0 aliphatic carbocycles. The molecular formula is C14H16N4O5. The fraction of sp³-hybridized carbons (Fsp3) is 0.214. The predicted molar refractivity (Wildman–Crippen MR) is 81.9 cm³/mol. The van der Waals surface area contributed by atoms with E-state index in [4.69, 9.17) is 30.4 Å². The van der Waals surface area contributed by atoms with Gasteiger partial charge in [0.25, 0.3) is 0 Å². The van der Waals surface area contributed by atoms with Crippen molar-refractivity contribution in [1.29, 1.82) is 0 Å². The Morgan fingerprint density at radius 2 is 1.43 bits per heavy atom. The van der Waals surface area contributed by atoms with E-state index < -0.39 is 5.97 Å². The molecule has 1 aromatic heterocycles. The van der Waals surface area contributed by atoms with Crippen LogP contribution in [-0.4, -0.2) is 37.3 Å². The molecule has 0 saturated carbocycles. The smallest absolute Gasteiger partial charge is 0.344 e. The molecule has 2 aromatic rings. The second-order valence-electron chi connectivity index (χ2n) is 4.28. The predicted octanol–water partition coefficient (Wildman–Crippen LogP) is 0.886. The number of nitrogen functional groups attached to an aromatic ring is 2. The van der Waals surface area contributed by atoms with E-state index in [0.29, 0.717) is 17.2 Å². The zero-order valence-corrected chi connectivity index (χ0v) is 12.8. The minimum absolute atomic E-state index is 0.0432. The quantitative estimate of drug-likeness (QED) is 0.770. The van der Waals surface area contributed by atoms with Crippen molar-refractivity contribution >= 4 is 17.6 Å². The molecule has 1 heterocycles. The minimum Gasteiger partial charge on any atom is -0.493 e. The van der Waals surface area contributed by atoms with E-state index in [1.807, 2.05) is 0 Å². The summed E-state index contributed by atoms with van der Waals surface area (Å²) in [5.41, 5.74) is 11.4. The van der Waals surface area contributed by atoms with Crippen molar-refractivity contribution in [2.24, 2.45) is 0 Å². The van der Waals surface area contributed by atoms with Crippen molar-refractivity contribution in [3.63, 3.8) is 0 Å². The van der Waals surface area contributed by atoms with Crippen molar-refractivity contribution in [3.05, 3.63) is 24.0 Å². The number of hydrogen-bond donors (Lipinski definition) is 2. The molecule has 0 aliphatic rings. The average molecular weight is 320 g/mol. The lowest BCUT2D eigenvalue weighted by Gasteiger charge is -2.14. The standard InChI is InChI=1S/C14H16N4O5/c1-20-8-4-7(5-9(21-2)10(8)22-3)14(19)23-11-12(15)17-6-18-13(11)16/h4-6H,1-3H3,(H4,15,16,17,18). The molecule has 0 unspecified atom stereocenters. The SMILES string of the molecule is COc1cc(C(=O)Oc2c(N)ncnc2N)cc(OC)c1OC. The zero-order valence-electron chi connectivity index (χ0n) is 12.8. The molecule has 0 atom stereocenters. The summed E-state index contributed by atoms with van der Waals surface area (Å²) in [7, 11) is 4.34. The van der Waals surface area contributed by atoms with Crippen molar-refractivity contribution < 1.29 is 23.7 Å². The highest BCUT2D eigenvalue weighted by molar-refractivity contribution is 5.93. The monoisotopic (exact) mass is 320 g/mol. The number of carbonyl (C=O) groups is 1. The molecule has 0 fully saturated rings. The number of hydrogen-bond acceptors (Lipinski definition) is 9. The third-order valence-electron chi connectivity index (χ3n) is 2.95. The maximum atomic E-state index is 12.3. The number of ether oxygens (including phenoxy) is 4. The van der Waals surface area contributed by atoms with Crippen LogP contribution in [0.3, 0.4) is 0 Å². The van der Waals surface area contributed by atoms with E-state index in [1.54, 1.807) is 0 Å². The molecule has 1 aromatic carbocycles. The van der Waals surface area contributed by atoms with Gasteiger partial charge in [-0.1, -0.05) is 0 Å². The van der Waals surface area contributed by atoms with Crippen LogP contribution in [0.25, 0.3) is 0 Å². The van der Waals surface area contributed by atoms with Gasteiger partial charge in [-0.2, -0.15) is 0 Å². The van der Waals surface area contributed by atoms with Gasteiger partial charge in [0.2, 0.25) is 11.5 Å². The molecule has 0 spiro atoms. The first-order valence-electron chi connectivity index (χ1n) is 6.40. The fourth-order valence-corrected chi connectivity index (χ4v) is 1.86. The highest BCUT2D eigenvalue weighted by atomic mass is 16.5. The van der Waals surface area contributed by atoms with Crippen LogP contribution >= 0.6 is 0 Å². The number of methoxy groups -OCH3 is 3. The first-order chi connectivity index (χ1) is 11.0. The molecule has 0 saturated heterocycles. The van der Waals surface area contributed by atoms with Gasteiger partial charge in [0.05, 0.1) is 26.9 Å². The van der Waals surface area contributed by atoms with Crippen LogP contribution in [0.4, 0.5) is 11.6 Å². The Hall–Kier alpha value is -3.23. The Kier molecular flexibility index (Phi) is 4.69. The average Bonchev–Trinajstić information content (AvgIpc) is 2.56. The van der Waals surface area contributed by atoms with Gasteiger partial charge < -0.3 is 30.4 Å². The topological polar surface area (TPSA) is 132 Å². The molecule has 9 nitrogen and oxygen atoms in total. The van der Waals surface area contributed by atoms with Gasteiger partial charge >= 0.3 is 5.97 Å². The van der Waals surface area contributed by atoms with Gasteiger partial charge in [-0.3, -0.25) is 0 Å². The number of benzene rings is 1. The molecule has 0 bridgehead atoms. The summed E-state index contributed by atoms with van der Waals surface area (Å²) in [6.45, 7) is 0. The molecular weight excluding hydrogens is 304 g/mol. The minimum atomic E-state index is -0.725. The third-order valence-corrected chi connectivity index (χ3v) is 2.95. The lowest BCUT2D eigenvalue weighted by molar-refractivity contribution is 0.0735. The summed E-state index contributed by atoms with van der Waals surface area (Å²) < 4.78 is 20.7. The van der Waals surface area contributed by atoms with Crippen LogP contribution in [-0.2, 0) is 0 Å². The van der Waals surface area contributed by atoms with Crippen LogP contribution in [0.5, 0.6) is 23.0 Å². The van der Waals surface area contributed by atoms with Crippen molar-refractivity contribution in [2.45, 2.75) is 0 Å². The highest BCUT2D eigenvalue weighted by Crippen LogP contribution is 2.38. The van der Waals surface area contributed by atoms with Crippen molar-refractivity contribution in [2.75, 3.05) is 32.8 Å². The molecule has 0 aliphatic heterocycles. The van der Waals surface area contributed by atoms with Gasteiger partial charge in [0.1, 0.15) is 6.33 Å². The molecule has 4 N–H and O–H groups in total. The molecule has 2 rings (SSSR count). The van der Waals surface area contributed by atoms with Crippen molar-refractivity contribution in [1.82, 2.24) is 9.97 Å². The maximum Gasteiger partial charge on any atom is 0.344 e. The molecule has 9 heteroatoms. The lowest BCUT2D eigenvalue weighted by Crippen LogP contribution is -2.13. The third kappa shape index (κ3) is 3.18. The first-order valence-corrected chi connectivity index (χ1v) is 6.40. The summed E-state index contributed by atoms with van der Waals surface area (Å²) in [4.78, 5) is 19.8. The summed E-state index contributed by atoms with van der Waals surface area (Å²) in [5, 5.41) is 0. The number of rotatable bonds is 5. The number of nitrogens with two attached hydrogens (primary N) is 2. The number of nitrogens with zero attached hydrogens (tertiary/aromatic N) is 2.